The van der Waals surface area contributed by atoms with Gasteiger partial charge in [-0.15, -0.1) is 0 Å². The fraction of sp³-hybridized carbons (Fsp3) is 0.656. The number of halogens is 6. The highest BCUT2D eigenvalue weighted by atomic mass is 19.4. The van der Waals surface area contributed by atoms with Crippen LogP contribution in [0.1, 0.15) is 114 Å². The molecule has 0 aliphatic heterocycles. The molecule has 1 fully saturated rings. The van der Waals surface area contributed by atoms with E-state index in [2.05, 4.69) is 0 Å². The lowest BCUT2D eigenvalue weighted by Gasteiger charge is -2.30. The van der Waals surface area contributed by atoms with Gasteiger partial charge in [0.1, 0.15) is 11.3 Å². The average Bonchev–Trinajstić information content (AvgIpc) is 2.94. The number of benzene rings is 2. The molecule has 3 rings (SSSR count). The van der Waals surface area contributed by atoms with Gasteiger partial charge in [-0.2, -0.15) is 26.3 Å². The van der Waals surface area contributed by atoms with Crippen LogP contribution in [0.4, 0.5) is 26.3 Å². The van der Waals surface area contributed by atoms with E-state index < -0.39 is 47.2 Å². The number of alkyl halides is 6. The number of rotatable bonds is 16. The molecule has 0 amide bonds. The van der Waals surface area contributed by atoms with Crippen molar-refractivity contribution < 1.29 is 45.9 Å². The average molecular weight is 634 g/mol. The summed E-state index contributed by atoms with van der Waals surface area (Å²) < 4.78 is 85.4. The first-order valence-electron chi connectivity index (χ1n) is 15.3. The van der Waals surface area contributed by atoms with Crippen LogP contribution in [0, 0.1) is 16.0 Å². The zero-order valence-corrected chi connectivity index (χ0v) is 24.9. The van der Waals surface area contributed by atoms with Crippen molar-refractivity contribution in [2.45, 2.75) is 127 Å². The summed E-state index contributed by atoms with van der Waals surface area (Å²) in [5.74, 6) is -1.02. The quantitative estimate of drug-likeness (QED) is 0.0860. The summed E-state index contributed by atoms with van der Waals surface area (Å²) in [6, 6.07) is 6.47. The largest absolute Gasteiger partial charge is 0.490 e. The molecular weight excluding hydrogens is 592 g/mol. The number of fused-ring (bicyclic) bond motifs is 1. The predicted molar refractivity (Wildman–Crippen MR) is 154 cm³/mol. The van der Waals surface area contributed by atoms with Gasteiger partial charge >= 0.3 is 18.3 Å². The van der Waals surface area contributed by atoms with E-state index in [4.69, 9.17) is 9.84 Å². The van der Waals surface area contributed by atoms with E-state index in [1.807, 2.05) is 0 Å². The zero-order valence-electron chi connectivity index (χ0n) is 24.9. The smallest absolute Gasteiger partial charge is 0.420 e. The minimum Gasteiger partial charge on any atom is -0.490 e. The SMILES string of the molecule is CC(CCC(=O)O)(c1ccc2c(C(F)(F)F)c(OC3CCC(CCCCCCCCCC(F)(F)F)CC3)ccc2c1)[N+](=O)[O-]. The Morgan fingerprint density at radius 3 is 2.09 bits per heavy atom. The maximum atomic E-state index is 14.3. The Morgan fingerprint density at radius 2 is 1.52 bits per heavy atom. The first-order chi connectivity index (χ1) is 20.6. The van der Waals surface area contributed by atoms with E-state index in [1.165, 1.54) is 37.3 Å². The molecule has 1 saturated carbocycles. The molecule has 2 aromatic carbocycles. The van der Waals surface area contributed by atoms with Gasteiger partial charge in [-0.25, -0.2) is 0 Å². The Bertz CT molecular complexity index is 1260. The van der Waals surface area contributed by atoms with Gasteiger partial charge in [0.15, 0.2) is 0 Å². The van der Waals surface area contributed by atoms with Crippen LogP contribution in [0.2, 0.25) is 0 Å². The number of nitro groups is 1. The van der Waals surface area contributed by atoms with Crippen LogP contribution in [0.5, 0.6) is 5.75 Å². The molecule has 246 valence electrons. The van der Waals surface area contributed by atoms with Crippen LogP contribution in [-0.4, -0.2) is 28.3 Å². The third-order valence-electron chi connectivity index (χ3n) is 8.78. The topological polar surface area (TPSA) is 89.7 Å². The molecule has 2 aromatic rings. The number of carbonyl (C=O) groups is 1. The highest BCUT2D eigenvalue weighted by Gasteiger charge is 2.41. The minimum absolute atomic E-state index is 0.122. The Balaban J connectivity index is 1.56. The molecule has 1 N–H and O–H groups in total. The Hall–Kier alpha value is -3.05. The summed E-state index contributed by atoms with van der Waals surface area (Å²) in [5, 5.41) is 20.8. The van der Waals surface area contributed by atoms with Crippen molar-refractivity contribution in [3.8, 4) is 5.75 Å². The third-order valence-corrected chi connectivity index (χ3v) is 8.78. The number of carboxylic acid groups (broad SMARTS) is 1. The highest BCUT2D eigenvalue weighted by Crippen LogP contribution is 2.44. The Morgan fingerprint density at radius 1 is 0.909 bits per heavy atom. The second kappa shape index (κ2) is 15.3. The van der Waals surface area contributed by atoms with E-state index in [9.17, 15) is 41.3 Å². The number of unbranched alkanes of at least 4 members (excludes halogenated alkanes) is 6. The molecular formula is C32H41F6NO5. The van der Waals surface area contributed by atoms with Crippen molar-refractivity contribution in [1.82, 2.24) is 0 Å². The Labute approximate surface area is 253 Å². The molecule has 1 atom stereocenters. The maximum Gasteiger partial charge on any atom is 0.420 e. The van der Waals surface area contributed by atoms with E-state index >= 15 is 0 Å². The molecule has 0 aromatic heterocycles. The van der Waals surface area contributed by atoms with E-state index in [0.717, 1.165) is 51.4 Å². The van der Waals surface area contributed by atoms with E-state index in [1.54, 1.807) is 0 Å². The number of ether oxygens (including phenoxy) is 1. The fourth-order valence-corrected chi connectivity index (χ4v) is 6.09. The standard InChI is InChI=1S/C32H41F6NO5/c1-30(39(42)43,20-18-28(40)41)24-13-16-26-23(21-24)12-17-27(29(26)32(36,37)38)44-25-14-10-22(11-15-25)9-7-5-3-2-4-6-8-19-31(33,34)35/h12-13,16-17,21-22,25H,2-11,14-15,18-20H2,1H3,(H,40,41). The monoisotopic (exact) mass is 633 g/mol. The van der Waals surface area contributed by atoms with Crippen molar-refractivity contribution >= 4 is 16.7 Å². The number of hydrogen-bond acceptors (Lipinski definition) is 4. The van der Waals surface area contributed by atoms with Gasteiger partial charge in [-0.3, -0.25) is 14.9 Å². The van der Waals surface area contributed by atoms with Gasteiger partial charge in [0.05, 0.1) is 12.5 Å². The van der Waals surface area contributed by atoms with Crippen LogP contribution in [0.25, 0.3) is 10.8 Å². The van der Waals surface area contributed by atoms with Crippen LogP contribution in [0.15, 0.2) is 30.3 Å². The summed E-state index contributed by atoms with van der Waals surface area (Å²) in [6.45, 7) is 1.27. The van der Waals surface area contributed by atoms with Crippen molar-refractivity contribution in [2.24, 2.45) is 5.92 Å². The maximum absolute atomic E-state index is 14.3. The lowest BCUT2D eigenvalue weighted by Crippen LogP contribution is -2.32. The predicted octanol–water partition coefficient (Wildman–Crippen LogP) is 10.2. The molecule has 1 aliphatic rings. The van der Waals surface area contributed by atoms with Gasteiger partial charge in [-0.05, 0) is 60.9 Å². The van der Waals surface area contributed by atoms with Gasteiger partial charge in [0, 0.05) is 30.3 Å². The van der Waals surface area contributed by atoms with Crippen molar-refractivity contribution in [3.63, 3.8) is 0 Å². The van der Waals surface area contributed by atoms with Crippen LogP contribution >= 0.6 is 0 Å². The summed E-state index contributed by atoms with van der Waals surface area (Å²) in [5.41, 5.74) is -2.59. The number of hydrogen-bond donors (Lipinski definition) is 1. The first kappa shape index (κ1) is 35.4. The highest BCUT2D eigenvalue weighted by molar-refractivity contribution is 5.89. The van der Waals surface area contributed by atoms with Gasteiger partial charge < -0.3 is 9.84 Å². The lowest BCUT2D eigenvalue weighted by atomic mass is 9.84. The fourth-order valence-electron chi connectivity index (χ4n) is 6.09. The number of nitrogens with zero attached hydrogens (tertiary/aromatic N) is 1. The molecule has 0 saturated heterocycles. The second-order valence-electron chi connectivity index (χ2n) is 12.2. The molecule has 1 unspecified atom stereocenters. The normalized spacial score (nSPS) is 19.1. The zero-order chi connectivity index (χ0) is 32.5. The molecule has 0 heterocycles. The summed E-state index contributed by atoms with van der Waals surface area (Å²) in [4.78, 5) is 22.3. The Kier molecular flexibility index (Phi) is 12.3. The third kappa shape index (κ3) is 10.3. The summed E-state index contributed by atoms with van der Waals surface area (Å²) >= 11 is 0. The van der Waals surface area contributed by atoms with Gasteiger partial charge in [0.25, 0.3) is 0 Å². The molecule has 6 nitrogen and oxygen atoms in total. The first-order valence-corrected chi connectivity index (χ1v) is 15.3. The van der Waals surface area contributed by atoms with Crippen molar-refractivity contribution in [2.75, 3.05) is 0 Å². The number of aliphatic carboxylic acids is 1. The minimum atomic E-state index is -4.73. The van der Waals surface area contributed by atoms with E-state index in [0.29, 0.717) is 25.2 Å². The second-order valence-corrected chi connectivity index (χ2v) is 12.2. The summed E-state index contributed by atoms with van der Waals surface area (Å²) in [6.07, 6.45) is -1.19. The number of carboxylic acids is 1. The van der Waals surface area contributed by atoms with Crippen molar-refractivity contribution in [1.29, 1.82) is 0 Å². The van der Waals surface area contributed by atoms with Crippen LogP contribution < -0.4 is 4.74 Å². The van der Waals surface area contributed by atoms with Gasteiger partial charge in [0.2, 0.25) is 5.54 Å². The van der Waals surface area contributed by atoms with Crippen molar-refractivity contribution in [3.05, 3.63) is 51.6 Å². The van der Waals surface area contributed by atoms with E-state index in [-0.39, 0.29) is 41.0 Å². The molecule has 12 heteroatoms. The molecule has 0 spiro atoms. The molecule has 44 heavy (non-hydrogen) atoms. The lowest BCUT2D eigenvalue weighted by molar-refractivity contribution is -0.575. The molecule has 0 bridgehead atoms. The van der Waals surface area contributed by atoms with Crippen LogP contribution in [-0.2, 0) is 16.5 Å². The van der Waals surface area contributed by atoms with Gasteiger partial charge in [-0.1, -0.05) is 63.1 Å². The van der Waals surface area contributed by atoms with Crippen LogP contribution in [0.3, 0.4) is 0 Å². The molecule has 1 aliphatic carbocycles. The molecule has 0 radical (unpaired) electrons. The summed E-state index contributed by atoms with van der Waals surface area (Å²) in [7, 11) is 0.